The number of rotatable bonds is 4. The van der Waals surface area contributed by atoms with E-state index in [-0.39, 0.29) is 5.91 Å². The Labute approximate surface area is 122 Å². The SMILES string of the molecule is Cc1cccc(C)c1NC(=O)CCSC1=NCCS1. The smallest absolute Gasteiger partial charge is 0.225 e. The number of amides is 1. The van der Waals surface area contributed by atoms with Crippen LogP contribution >= 0.6 is 23.5 Å². The lowest BCUT2D eigenvalue weighted by atomic mass is 10.1. The van der Waals surface area contributed by atoms with Crippen LogP contribution in [-0.2, 0) is 4.79 Å². The number of thioether (sulfide) groups is 2. The zero-order valence-electron chi connectivity index (χ0n) is 11.2. The van der Waals surface area contributed by atoms with Crippen LogP contribution in [0, 0.1) is 13.8 Å². The third kappa shape index (κ3) is 4.28. The zero-order chi connectivity index (χ0) is 13.7. The lowest BCUT2D eigenvalue weighted by Crippen LogP contribution is -2.14. The number of benzene rings is 1. The number of nitrogens with zero attached hydrogens (tertiary/aromatic N) is 1. The van der Waals surface area contributed by atoms with Crippen molar-refractivity contribution in [2.75, 3.05) is 23.4 Å². The Morgan fingerprint density at radius 2 is 2.16 bits per heavy atom. The van der Waals surface area contributed by atoms with Crippen molar-refractivity contribution in [1.29, 1.82) is 0 Å². The number of para-hydroxylation sites is 1. The van der Waals surface area contributed by atoms with Crippen LogP contribution in [0.25, 0.3) is 0 Å². The van der Waals surface area contributed by atoms with Crippen molar-refractivity contribution in [3.8, 4) is 0 Å². The minimum Gasteiger partial charge on any atom is -0.326 e. The van der Waals surface area contributed by atoms with Gasteiger partial charge in [0, 0.05) is 23.6 Å². The van der Waals surface area contributed by atoms with Crippen LogP contribution < -0.4 is 5.32 Å². The normalized spacial score (nSPS) is 14.3. The van der Waals surface area contributed by atoms with Crippen LogP contribution in [-0.4, -0.2) is 28.3 Å². The molecule has 1 N–H and O–H groups in total. The van der Waals surface area contributed by atoms with E-state index in [4.69, 9.17) is 0 Å². The summed E-state index contributed by atoms with van der Waals surface area (Å²) in [4.78, 5) is 16.3. The number of hydrogen-bond donors (Lipinski definition) is 1. The van der Waals surface area contributed by atoms with E-state index in [2.05, 4.69) is 10.3 Å². The summed E-state index contributed by atoms with van der Waals surface area (Å²) in [5.41, 5.74) is 3.17. The van der Waals surface area contributed by atoms with Crippen LogP contribution in [0.2, 0.25) is 0 Å². The predicted octanol–water partition coefficient (Wildman–Crippen LogP) is 3.47. The summed E-state index contributed by atoms with van der Waals surface area (Å²) < 4.78 is 1.12. The first kappa shape index (κ1) is 14.5. The standard InChI is InChI=1S/C14H18N2OS2/c1-10-4-3-5-11(2)13(10)16-12(17)6-8-18-14-15-7-9-19-14/h3-5H,6-9H2,1-2H3,(H,16,17). The molecule has 0 aliphatic carbocycles. The molecule has 0 spiro atoms. The summed E-state index contributed by atoms with van der Waals surface area (Å²) in [7, 11) is 0. The molecule has 19 heavy (non-hydrogen) atoms. The summed E-state index contributed by atoms with van der Waals surface area (Å²) in [6.45, 7) is 4.95. The molecule has 1 aliphatic rings. The van der Waals surface area contributed by atoms with Crippen molar-refractivity contribution in [2.24, 2.45) is 4.99 Å². The van der Waals surface area contributed by atoms with Crippen molar-refractivity contribution >= 4 is 39.5 Å². The molecule has 1 amide bonds. The van der Waals surface area contributed by atoms with Crippen molar-refractivity contribution in [1.82, 2.24) is 0 Å². The highest BCUT2D eigenvalue weighted by Gasteiger charge is 2.10. The van der Waals surface area contributed by atoms with Gasteiger partial charge in [0.15, 0.2) is 0 Å². The molecule has 0 bridgehead atoms. The summed E-state index contributed by atoms with van der Waals surface area (Å²) in [6, 6.07) is 6.04. The topological polar surface area (TPSA) is 41.5 Å². The van der Waals surface area contributed by atoms with Gasteiger partial charge in [-0.15, -0.1) is 0 Å². The number of carbonyl (C=O) groups excluding carboxylic acids is 1. The van der Waals surface area contributed by atoms with Crippen LogP contribution in [0.4, 0.5) is 5.69 Å². The maximum absolute atomic E-state index is 11.9. The van der Waals surface area contributed by atoms with Gasteiger partial charge in [-0.25, -0.2) is 0 Å². The maximum Gasteiger partial charge on any atom is 0.225 e. The fraction of sp³-hybridized carbons (Fsp3) is 0.429. The molecule has 0 radical (unpaired) electrons. The van der Waals surface area contributed by atoms with E-state index in [0.717, 1.165) is 39.2 Å². The number of aryl methyl sites for hydroxylation is 2. The molecule has 102 valence electrons. The molecule has 2 rings (SSSR count). The highest BCUT2D eigenvalue weighted by Crippen LogP contribution is 2.23. The van der Waals surface area contributed by atoms with Crippen LogP contribution in [0.3, 0.4) is 0 Å². The molecule has 0 fully saturated rings. The molecule has 1 heterocycles. The first-order valence-electron chi connectivity index (χ1n) is 6.33. The molecule has 5 heteroatoms. The van der Waals surface area contributed by atoms with Gasteiger partial charge < -0.3 is 5.32 Å². The van der Waals surface area contributed by atoms with Gasteiger partial charge in [0.2, 0.25) is 5.91 Å². The first-order valence-corrected chi connectivity index (χ1v) is 8.30. The Balaban J connectivity index is 1.80. The number of aliphatic imine (C=N–C) groups is 1. The number of anilines is 1. The summed E-state index contributed by atoms with van der Waals surface area (Å²) in [5.74, 6) is 1.95. The van der Waals surface area contributed by atoms with Gasteiger partial charge in [-0.3, -0.25) is 9.79 Å². The van der Waals surface area contributed by atoms with E-state index in [0.29, 0.717) is 6.42 Å². The number of nitrogens with one attached hydrogen (secondary N) is 1. The number of hydrogen-bond acceptors (Lipinski definition) is 4. The molecular formula is C14H18N2OS2. The molecule has 0 atom stereocenters. The molecule has 1 aliphatic heterocycles. The van der Waals surface area contributed by atoms with Crippen molar-refractivity contribution in [3.63, 3.8) is 0 Å². The molecule has 0 aromatic heterocycles. The summed E-state index contributed by atoms with van der Waals surface area (Å²) in [6.07, 6.45) is 0.526. The molecule has 0 unspecified atom stereocenters. The average molecular weight is 294 g/mol. The van der Waals surface area contributed by atoms with Gasteiger partial charge in [0.1, 0.15) is 4.38 Å². The molecule has 0 saturated heterocycles. The van der Waals surface area contributed by atoms with Crippen LogP contribution in [0.15, 0.2) is 23.2 Å². The van der Waals surface area contributed by atoms with Gasteiger partial charge in [0.25, 0.3) is 0 Å². The van der Waals surface area contributed by atoms with Crippen molar-refractivity contribution < 1.29 is 4.79 Å². The minimum absolute atomic E-state index is 0.0773. The minimum atomic E-state index is 0.0773. The summed E-state index contributed by atoms with van der Waals surface area (Å²) >= 11 is 3.47. The lowest BCUT2D eigenvalue weighted by molar-refractivity contribution is -0.115. The van der Waals surface area contributed by atoms with Gasteiger partial charge in [-0.1, -0.05) is 41.7 Å². The molecule has 1 aromatic carbocycles. The predicted molar refractivity (Wildman–Crippen MR) is 86.4 cm³/mol. The Hall–Kier alpha value is -0.940. The quantitative estimate of drug-likeness (QED) is 0.924. The van der Waals surface area contributed by atoms with E-state index in [1.165, 1.54) is 0 Å². The summed E-state index contributed by atoms with van der Waals surface area (Å²) in [5, 5.41) is 3.00. The van der Waals surface area contributed by atoms with Gasteiger partial charge in [0.05, 0.1) is 6.54 Å². The molecule has 1 aromatic rings. The third-order valence-electron chi connectivity index (χ3n) is 2.86. The van der Waals surface area contributed by atoms with E-state index >= 15 is 0 Å². The average Bonchev–Trinajstić information content (AvgIpc) is 2.87. The van der Waals surface area contributed by atoms with Gasteiger partial charge in [-0.05, 0) is 25.0 Å². The second kappa shape index (κ2) is 7.01. The fourth-order valence-corrected chi connectivity index (χ4v) is 3.87. The highest BCUT2D eigenvalue weighted by molar-refractivity contribution is 8.39. The highest BCUT2D eigenvalue weighted by atomic mass is 32.2. The molecule has 3 nitrogen and oxygen atoms in total. The van der Waals surface area contributed by atoms with E-state index < -0.39 is 0 Å². The van der Waals surface area contributed by atoms with E-state index in [9.17, 15) is 4.79 Å². The van der Waals surface area contributed by atoms with Crippen LogP contribution in [0.1, 0.15) is 17.5 Å². The van der Waals surface area contributed by atoms with Gasteiger partial charge in [-0.2, -0.15) is 0 Å². The zero-order valence-corrected chi connectivity index (χ0v) is 12.9. The number of carbonyl (C=O) groups is 1. The fourth-order valence-electron chi connectivity index (χ4n) is 1.85. The second-order valence-corrected chi connectivity index (χ2v) is 6.84. The Kier molecular flexibility index (Phi) is 5.34. The van der Waals surface area contributed by atoms with E-state index in [1.807, 2.05) is 32.0 Å². The van der Waals surface area contributed by atoms with Crippen molar-refractivity contribution in [2.45, 2.75) is 20.3 Å². The van der Waals surface area contributed by atoms with Crippen molar-refractivity contribution in [3.05, 3.63) is 29.3 Å². The Bertz CT molecular complexity index is 480. The Morgan fingerprint density at radius 1 is 1.42 bits per heavy atom. The second-order valence-electron chi connectivity index (χ2n) is 4.41. The molecule has 0 saturated carbocycles. The third-order valence-corrected chi connectivity index (χ3v) is 5.11. The monoisotopic (exact) mass is 294 g/mol. The lowest BCUT2D eigenvalue weighted by Gasteiger charge is -2.11. The largest absolute Gasteiger partial charge is 0.326 e. The maximum atomic E-state index is 11.9. The van der Waals surface area contributed by atoms with E-state index in [1.54, 1.807) is 23.5 Å². The molecular weight excluding hydrogens is 276 g/mol. The Morgan fingerprint density at radius 3 is 2.79 bits per heavy atom. The van der Waals surface area contributed by atoms with Gasteiger partial charge >= 0.3 is 0 Å². The first-order chi connectivity index (χ1) is 9.16. The van der Waals surface area contributed by atoms with Crippen LogP contribution in [0.5, 0.6) is 0 Å².